The molecule has 1 atom stereocenters. The number of amides is 2. The summed E-state index contributed by atoms with van der Waals surface area (Å²) in [5, 5.41) is 2.90. The Hall–Kier alpha value is -2.73. The summed E-state index contributed by atoms with van der Waals surface area (Å²) in [6, 6.07) is 14.2. The number of hydrogen-bond donors (Lipinski definition) is 1. The van der Waals surface area contributed by atoms with Gasteiger partial charge in [-0.3, -0.25) is 9.59 Å². The Kier molecular flexibility index (Phi) is 6.37. The van der Waals surface area contributed by atoms with Crippen molar-refractivity contribution < 1.29 is 18.7 Å². The highest BCUT2D eigenvalue weighted by atomic mass is 19.1. The number of carbonyl (C=O) groups excluding carboxylic acids is 2. The maximum Gasteiger partial charge on any atom is 0.254 e. The van der Waals surface area contributed by atoms with Gasteiger partial charge in [-0.1, -0.05) is 42.8 Å². The zero-order valence-electron chi connectivity index (χ0n) is 17.9. The normalized spacial score (nSPS) is 21.4. The maximum absolute atomic E-state index is 13.2. The SMILES string of the molecule is CCNC(=O)[C@@]1(Cc2ccc(-c3ccc(F)cc3)cc2)CN(C(=O)C2CCC2)CCO1. The van der Waals surface area contributed by atoms with Crippen LogP contribution in [0.1, 0.15) is 31.7 Å². The van der Waals surface area contributed by atoms with Gasteiger partial charge in [-0.15, -0.1) is 0 Å². The zero-order chi connectivity index (χ0) is 21.8. The van der Waals surface area contributed by atoms with E-state index in [9.17, 15) is 14.0 Å². The smallest absolute Gasteiger partial charge is 0.254 e. The number of likely N-dealkylation sites (N-methyl/N-ethyl adjacent to an activating group) is 1. The van der Waals surface area contributed by atoms with Crippen LogP contribution in [0.2, 0.25) is 0 Å². The summed E-state index contributed by atoms with van der Waals surface area (Å²) >= 11 is 0. The van der Waals surface area contributed by atoms with Crippen molar-refractivity contribution in [2.24, 2.45) is 5.92 Å². The summed E-state index contributed by atoms with van der Waals surface area (Å²) in [4.78, 5) is 27.7. The molecule has 1 heterocycles. The monoisotopic (exact) mass is 424 g/mol. The number of hydrogen-bond acceptors (Lipinski definition) is 3. The molecule has 1 saturated carbocycles. The van der Waals surface area contributed by atoms with E-state index in [1.165, 1.54) is 12.1 Å². The van der Waals surface area contributed by atoms with Crippen LogP contribution in [-0.4, -0.2) is 48.6 Å². The van der Waals surface area contributed by atoms with Gasteiger partial charge in [-0.2, -0.15) is 0 Å². The van der Waals surface area contributed by atoms with Crippen molar-refractivity contribution in [1.29, 1.82) is 0 Å². The number of halogens is 1. The lowest BCUT2D eigenvalue weighted by Gasteiger charge is -2.43. The van der Waals surface area contributed by atoms with Gasteiger partial charge in [0.05, 0.1) is 13.2 Å². The molecule has 6 heteroatoms. The number of benzene rings is 2. The maximum atomic E-state index is 13.2. The summed E-state index contributed by atoms with van der Waals surface area (Å²) < 4.78 is 19.3. The van der Waals surface area contributed by atoms with Crippen LogP contribution >= 0.6 is 0 Å². The molecule has 0 unspecified atom stereocenters. The lowest BCUT2D eigenvalue weighted by atomic mass is 9.83. The highest BCUT2D eigenvalue weighted by molar-refractivity contribution is 5.88. The molecule has 2 aromatic carbocycles. The summed E-state index contributed by atoms with van der Waals surface area (Å²) in [6.07, 6.45) is 3.37. The van der Waals surface area contributed by atoms with Crippen LogP contribution < -0.4 is 5.32 Å². The largest absolute Gasteiger partial charge is 0.361 e. The predicted molar refractivity (Wildman–Crippen MR) is 117 cm³/mol. The van der Waals surface area contributed by atoms with E-state index in [-0.39, 0.29) is 30.1 Å². The molecule has 164 valence electrons. The molecule has 1 saturated heterocycles. The van der Waals surface area contributed by atoms with Gasteiger partial charge in [-0.05, 0) is 48.6 Å². The zero-order valence-corrected chi connectivity index (χ0v) is 17.9. The fourth-order valence-corrected chi connectivity index (χ4v) is 4.32. The molecule has 0 bridgehead atoms. The first-order chi connectivity index (χ1) is 15.0. The summed E-state index contributed by atoms with van der Waals surface area (Å²) in [6.45, 7) is 3.53. The van der Waals surface area contributed by atoms with Gasteiger partial charge in [0.1, 0.15) is 5.82 Å². The molecule has 0 aromatic heterocycles. The average Bonchev–Trinajstić information content (AvgIpc) is 2.74. The Labute approximate surface area is 182 Å². The Morgan fingerprint density at radius 2 is 1.74 bits per heavy atom. The first-order valence-corrected chi connectivity index (χ1v) is 11.1. The van der Waals surface area contributed by atoms with Gasteiger partial charge in [-0.25, -0.2) is 4.39 Å². The minimum absolute atomic E-state index is 0.0972. The molecule has 0 radical (unpaired) electrons. The third kappa shape index (κ3) is 4.64. The van der Waals surface area contributed by atoms with Gasteiger partial charge in [0.2, 0.25) is 5.91 Å². The highest BCUT2D eigenvalue weighted by Gasteiger charge is 2.46. The predicted octanol–water partition coefficient (Wildman–Crippen LogP) is 3.57. The Balaban J connectivity index is 1.54. The van der Waals surface area contributed by atoms with E-state index in [0.29, 0.717) is 26.1 Å². The van der Waals surface area contributed by atoms with Crippen molar-refractivity contribution in [3.63, 3.8) is 0 Å². The van der Waals surface area contributed by atoms with Crippen molar-refractivity contribution >= 4 is 11.8 Å². The fraction of sp³-hybridized carbons (Fsp3) is 0.440. The summed E-state index contributed by atoms with van der Waals surface area (Å²) in [5.74, 6) is -0.196. The molecule has 2 aliphatic rings. The van der Waals surface area contributed by atoms with Crippen LogP contribution in [0.25, 0.3) is 11.1 Å². The molecule has 1 N–H and O–H groups in total. The minimum atomic E-state index is -1.09. The van der Waals surface area contributed by atoms with Crippen molar-refractivity contribution in [2.75, 3.05) is 26.2 Å². The average molecular weight is 425 g/mol. The molecule has 1 aliphatic heterocycles. The topological polar surface area (TPSA) is 58.6 Å². The summed E-state index contributed by atoms with van der Waals surface area (Å²) in [5.41, 5.74) is 1.76. The van der Waals surface area contributed by atoms with E-state index in [4.69, 9.17) is 4.74 Å². The number of ether oxygens (including phenoxy) is 1. The van der Waals surface area contributed by atoms with Crippen LogP contribution in [0, 0.1) is 11.7 Å². The van der Waals surface area contributed by atoms with Crippen LogP contribution in [0.4, 0.5) is 4.39 Å². The number of rotatable bonds is 6. The Bertz CT molecular complexity index is 925. The van der Waals surface area contributed by atoms with E-state index in [1.54, 1.807) is 12.1 Å². The lowest BCUT2D eigenvalue weighted by molar-refractivity contribution is -0.168. The van der Waals surface area contributed by atoms with Gasteiger partial charge in [0, 0.05) is 25.4 Å². The van der Waals surface area contributed by atoms with Crippen molar-refractivity contribution in [1.82, 2.24) is 10.2 Å². The minimum Gasteiger partial charge on any atom is -0.361 e. The molecule has 2 amide bonds. The molecule has 1 aliphatic carbocycles. The standard InChI is InChI=1S/C25H29FN2O3/c1-2-27-24(30)25(17-28(14-15-31-25)23(29)21-4-3-5-21)16-18-6-8-19(9-7-18)20-10-12-22(26)13-11-20/h6-13,21H,2-5,14-17H2,1H3,(H,27,30)/t25-/m1/s1. The van der Waals surface area contributed by atoms with E-state index >= 15 is 0 Å². The van der Waals surface area contributed by atoms with Crippen LogP contribution in [-0.2, 0) is 20.7 Å². The van der Waals surface area contributed by atoms with Crippen LogP contribution in [0.3, 0.4) is 0 Å². The molecular weight excluding hydrogens is 395 g/mol. The number of nitrogens with zero attached hydrogens (tertiary/aromatic N) is 1. The summed E-state index contributed by atoms with van der Waals surface area (Å²) in [7, 11) is 0. The van der Waals surface area contributed by atoms with E-state index in [2.05, 4.69) is 5.32 Å². The molecule has 31 heavy (non-hydrogen) atoms. The van der Waals surface area contributed by atoms with Crippen LogP contribution in [0.15, 0.2) is 48.5 Å². The second-order valence-electron chi connectivity index (χ2n) is 8.47. The Morgan fingerprint density at radius 1 is 1.10 bits per heavy atom. The fourth-order valence-electron chi connectivity index (χ4n) is 4.32. The third-order valence-corrected chi connectivity index (χ3v) is 6.32. The van der Waals surface area contributed by atoms with Gasteiger partial charge >= 0.3 is 0 Å². The number of morpholine rings is 1. The third-order valence-electron chi connectivity index (χ3n) is 6.32. The molecule has 0 spiro atoms. The lowest BCUT2D eigenvalue weighted by Crippen LogP contribution is -2.62. The van der Waals surface area contributed by atoms with Gasteiger partial charge in [0.15, 0.2) is 5.60 Å². The van der Waals surface area contributed by atoms with Gasteiger partial charge in [0.25, 0.3) is 5.91 Å². The Morgan fingerprint density at radius 3 is 2.32 bits per heavy atom. The van der Waals surface area contributed by atoms with E-state index in [1.807, 2.05) is 36.1 Å². The molecule has 4 rings (SSSR count). The molecule has 2 fully saturated rings. The van der Waals surface area contributed by atoms with Gasteiger partial charge < -0.3 is 15.0 Å². The van der Waals surface area contributed by atoms with Crippen molar-refractivity contribution in [2.45, 2.75) is 38.2 Å². The van der Waals surface area contributed by atoms with Crippen LogP contribution in [0.5, 0.6) is 0 Å². The quantitative estimate of drug-likeness (QED) is 0.771. The molecule has 5 nitrogen and oxygen atoms in total. The highest BCUT2D eigenvalue weighted by Crippen LogP contribution is 2.31. The second kappa shape index (κ2) is 9.18. The molecular formula is C25H29FN2O3. The van der Waals surface area contributed by atoms with E-state index < -0.39 is 5.60 Å². The number of nitrogens with one attached hydrogen (secondary N) is 1. The van der Waals surface area contributed by atoms with Crippen molar-refractivity contribution in [3.05, 3.63) is 59.9 Å². The molecule has 2 aromatic rings. The first-order valence-electron chi connectivity index (χ1n) is 11.1. The van der Waals surface area contributed by atoms with Crippen molar-refractivity contribution in [3.8, 4) is 11.1 Å². The second-order valence-corrected chi connectivity index (χ2v) is 8.47. The first kappa shape index (κ1) is 21.5. The van der Waals surface area contributed by atoms with E-state index in [0.717, 1.165) is 36.0 Å². The number of carbonyl (C=O) groups is 2.